The van der Waals surface area contributed by atoms with Crippen LogP contribution in [0.1, 0.15) is 22.3 Å². The molecule has 0 unspecified atom stereocenters. The molecule has 0 atom stereocenters. The Labute approximate surface area is 142 Å². The maximum atomic E-state index is 2.29. The average Bonchev–Trinajstić information content (AvgIpc) is 2.56. The Kier molecular flexibility index (Phi) is 4.58. The maximum Gasteiger partial charge on any atom is 0.169 e. The minimum Gasteiger partial charge on any atom is -0.0619 e. The van der Waals surface area contributed by atoms with Crippen molar-refractivity contribution in [2.75, 3.05) is 0 Å². The zero-order valence-corrected chi connectivity index (χ0v) is 15.1. The number of rotatable bonds is 3. The third-order valence-electron chi connectivity index (χ3n) is 4.53. The van der Waals surface area contributed by atoms with Crippen molar-refractivity contribution in [1.29, 1.82) is 0 Å². The number of hydrogen-bond donors (Lipinski definition) is 0. The molecule has 23 heavy (non-hydrogen) atoms. The van der Waals surface area contributed by atoms with Crippen LogP contribution in [-0.4, -0.2) is 0 Å². The second-order valence-electron chi connectivity index (χ2n) is 6.02. The summed E-state index contributed by atoms with van der Waals surface area (Å²) in [5, 5.41) is 0. The van der Waals surface area contributed by atoms with Crippen LogP contribution in [0.25, 0.3) is 0 Å². The molecule has 0 aliphatic rings. The summed E-state index contributed by atoms with van der Waals surface area (Å²) in [4.78, 5) is 4.25. The third kappa shape index (κ3) is 3.07. The van der Waals surface area contributed by atoms with Gasteiger partial charge in [0.1, 0.15) is 0 Å². The van der Waals surface area contributed by atoms with Gasteiger partial charge in [0.05, 0.1) is 10.9 Å². The fraction of sp³-hybridized carbons (Fsp3) is 0.182. The van der Waals surface area contributed by atoms with Crippen LogP contribution in [-0.2, 0) is 10.9 Å². The Hall–Kier alpha value is -1.99. The molecule has 3 rings (SSSR count). The molecule has 3 aromatic rings. The zero-order chi connectivity index (χ0) is 16.4. The van der Waals surface area contributed by atoms with Gasteiger partial charge in [0.25, 0.3) is 0 Å². The molecule has 0 heterocycles. The summed E-state index contributed by atoms with van der Waals surface area (Å²) in [6.07, 6.45) is 0. The lowest BCUT2D eigenvalue weighted by Gasteiger charge is -2.14. The summed E-state index contributed by atoms with van der Waals surface area (Å²) in [5.74, 6) is 0. The van der Waals surface area contributed by atoms with Crippen molar-refractivity contribution in [3.63, 3.8) is 0 Å². The lowest BCUT2D eigenvalue weighted by atomic mass is 10.1. The third-order valence-corrected chi connectivity index (χ3v) is 7.04. The van der Waals surface area contributed by atoms with Crippen LogP contribution in [0.5, 0.6) is 0 Å². The van der Waals surface area contributed by atoms with E-state index in [1.54, 1.807) is 0 Å². The van der Waals surface area contributed by atoms with Crippen molar-refractivity contribution >= 4 is 10.9 Å². The first kappa shape index (κ1) is 15.9. The van der Waals surface area contributed by atoms with Crippen LogP contribution in [0.2, 0.25) is 0 Å². The SMILES string of the molecule is Cc1cccc([S+](c2ccccc2)c2cccc(C)c2C)c1C. The number of aryl methyl sites for hydroxylation is 2. The van der Waals surface area contributed by atoms with Gasteiger partial charge in [-0.2, -0.15) is 0 Å². The maximum absolute atomic E-state index is 2.29. The molecule has 0 amide bonds. The minimum absolute atomic E-state index is 0.0583. The van der Waals surface area contributed by atoms with Crippen LogP contribution in [0.4, 0.5) is 0 Å². The van der Waals surface area contributed by atoms with Gasteiger partial charge in [0, 0.05) is 11.1 Å². The Morgan fingerprint density at radius 2 is 1.00 bits per heavy atom. The van der Waals surface area contributed by atoms with E-state index in [0.717, 1.165) is 0 Å². The lowest BCUT2D eigenvalue weighted by Crippen LogP contribution is -2.09. The fourth-order valence-corrected chi connectivity index (χ4v) is 5.36. The van der Waals surface area contributed by atoms with Crippen molar-refractivity contribution in [2.24, 2.45) is 0 Å². The van der Waals surface area contributed by atoms with Gasteiger partial charge in [0.15, 0.2) is 14.7 Å². The van der Waals surface area contributed by atoms with Crippen LogP contribution in [0, 0.1) is 27.7 Å². The monoisotopic (exact) mass is 319 g/mol. The first-order valence-corrected chi connectivity index (χ1v) is 9.24. The summed E-state index contributed by atoms with van der Waals surface area (Å²) >= 11 is 0. The molecule has 116 valence electrons. The van der Waals surface area contributed by atoms with Gasteiger partial charge in [-0.25, -0.2) is 0 Å². The molecule has 3 aromatic carbocycles. The van der Waals surface area contributed by atoms with Crippen molar-refractivity contribution in [1.82, 2.24) is 0 Å². The highest BCUT2D eigenvalue weighted by atomic mass is 32.2. The van der Waals surface area contributed by atoms with Gasteiger partial charge in [-0.15, -0.1) is 0 Å². The Balaban J connectivity index is 2.27. The second-order valence-corrected chi connectivity index (χ2v) is 7.98. The number of benzene rings is 3. The summed E-state index contributed by atoms with van der Waals surface area (Å²) in [6, 6.07) is 24.3. The highest BCUT2D eigenvalue weighted by Gasteiger charge is 2.32. The minimum atomic E-state index is -0.0583. The molecule has 0 aliphatic heterocycles. The molecule has 0 saturated heterocycles. The van der Waals surface area contributed by atoms with Crippen LogP contribution < -0.4 is 0 Å². The Bertz CT molecular complexity index is 767. The largest absolute Gasteiger partial charge is 0.169 e. The Morgan fingerprint density at radius 1 is 0.522 bits per heavy atom. The molecule has 0 fully saturated rings. The molecule has 0 aliphatic carbocycles. The number of hydrogen-bond acceptors (Lipinski definition) is 0. The molecule has 0 saturated carbocycles. The predicted octanol–water partition coefficient (Wildman–Crippen LogP) is 6.02. The van der Waals surface area contributed by atoms with Crippen molar-refractivity contribution in [3.05, 3.63) is 89.0 Å². The van der Waals surface area contributed by atoms with E-state index in [1.165, 1.54) is 36.9 Å². The van der Waals surface area contributed by atoms with E-state index >= 15 is 0 Å². The summed E-state index contributed by atoms with van der Waals surface area (Å²) < 4.78 is 0. The van der Waals surface area contributed by atoms with Gasteiger partial charge in [0.2, 0.25) is 0 Å². The molecular formula is C22H23S+. The van der Waals surface area contributed by atoms with Crippen molar-refractivity contribution in [2.45, 2.75) is 42.4 Å². The first-order chi connectivity index (χ1) is 11.1. The fourth-order valence-electron chi connectivity index (χ4n) is 2.82. The molecule has 0 spiro atoms. The van der Waals surface area contributed by atoms with E-state index in [0.29, 0.717) is 0 Å². The van der Waals surface area contributed by atoms with Crippen molar-refractivity contribution in [3.8, 4) is 0 Å². The van der Waals surface area contributed by atoms with E-state index in [-0.39, 0.29) is 10.9 Å². The van der Waals surface area contributed by atoms with Gasteiger partial charge in [-0.3, -0.25) is 0 Å². The second kappa shape index (κ2) is 6.64. The van der Waals surface area contributed by atoms with Gasteiger partial charge in [-0.1, -0.05) is 42.5 Å². The predicted molar refractivity (Wildman–Crippen MR) is 100 cm³/mol. The van der Waals surface area contributed by atoms with E-state index in [4.69, 9.17) is 0 Å². The molecule has 0 radical (unpaired) electrons. The zero-order valence-electron chi connectivity index (χ0n) is 14.3. The quantitative estimate of drug-likeness (QED) is 0.518. The molecule has 0 bridgehead atoms. The normalized spacial score (nSPS) is 11.0. The standard InChI is InChI=1S/C22H23S/c1-16-10-8-14-21(18(16)3)23(20-12-6-5-7-13-20)22-15-9-11-17(2)19(22)4/h5-15H,1-4H3/q+1. The molecular weight excluding hydrogens is 296 g/mol. The highest BCUT2D eigenvalue weighted by Crippen LogP contribution is 2.36. The van der Waals surface area contributed by atoms with Gasteiger partial charge < -0.3 is 0 Å². The summed E-state index contributed by atoms with van der Waals surface area (Å²) in [6.45, 7) is 8.90. The van der Waals surface area contributed by atoms with Crippen LogP contribution >= 0.6 is 0 Å². The summed E-state index contributed by atoms with van der Waals surface area (Å²) in [7, 11) is -0.0583. The molecule has 0 aromatic heterocycles. The summed E-state index contributed by atoms with van der Waals surface area (Å²) in [5.41, 5.74) is 5.53. The van der Waals surface area contributed by atoms with E-state index in [9.17, 15) is 0 Å². The van der Waals surface area contributed by atoms with Crippen LogP contribution in [0.15, 0.2) is 81.4 Å². The topological polar surface area (TPSA) is 0 Å². The van der Waals surface area contributed by atoms with Crippen LogP contribution in [0.3, 0.4) is 0 Å². The molecule has 0 nitrogen and oxygen atoms in total. The molecule has 1 heteroatoms. The average molecular weight is 319 g/mol. The van der Waals surface area contributed by atoms with Crippen molar-refractivity contribution < 1.29 is 0 Å². The Morgan fingerprint density at radius 3 is 1.48 bits per heavy atom. The van der Waals surface area contributed by atoms with E-state index in [2.05, 4.69) is 94.4 Å². The van der Waals surface area contributed by atoms with E-state index < -0.39 is 0 Å². The lowest BCUT2D eigenvalue weighted by molar-refractivity contribution is 1.17. The highest BCUT2D eigenvalue weighted by molar-refractivity contribution is 7.97. The smallest absolute Gasteiger partial charge is 0.0619 e. The first-order valence-electron chi connectivity index (χ1n) is 8.01. The van der Waals surface area contributed by atoms with Gasteiger partial charge in [-0.05, 0) is 63.1 Å². The van der Waals surface area contributed by atoms with Gasteiger partial charge >= 0.3 is 0 Å². The van der Waals surface area contributed by atoms with E-state index in [1.807, 2.05) is 0 Å². The molecule has 0 N–H and O–H groups in total.